The van der Waals surface area contributed by atoms with Crippen molar-refractivity contribution in [3.05, 3.63) is 76.4 Å². The van der Waals surface area contributed by atoms with Gasteiger partial charge in [0.25, 0.3) is 11.6 Å². The maximum absolute atomic E-state index is 11.9. The van der Waals surface area contributed by atoms with E-state index < -0.39 is 10.8 Å². The van der Waals surface area contributed by atoms with Crippen LogP contribution < -0.4 is 5.43 Å². The van der Waals surface area contributed by atoms with Gasteiger partial charge in [0.2, 0.25) is 5.82 Å². The van der Waals surface area contributed by atoms with Crippen molar-refractivity contribution in [3.8, 4) is 11.4 Å². The van der Waals surface area contributed by atoms with Crippen LogP contribution in [-0.2, 0) is 11.3 Å². The molecule has 10 nitrogen and oxygen atoms in total. The van der Waals surface area contributed by atoms with Gasteiger partial charge in [-0.2, -0.15) is 9.90 Å². The Morgan fingerprint density at radius 1 is 1.21 bits per heavy atom. The van der Waals surface area contributed by atoms with E-state index in [4.69, 9.17) is 0 Å². The molecule has 2 aromatic carbocycles. The van der Waals surface area contributed by atoms with Crippen molar-refractivity contribution in [2.24, 2.45) is 5.10 Å². The van der Waals surface area contributed by atoms with Crippen molar-refractivity contribution in [1.82, 2.24) is 25.6 Å². The molecule has 0 saturated carbocycles. The van der Waals surface area contributed by atoms with Gasteiger partial charge in [-0.15, -0.1) is 10.2 Å². The molecule has 0 aliphatic heterocycles. The van der Waals surface area contributed by atoms with Gasteiger partial charge in [0, 0.05) is 23.9 Å². The molecule has 1 aromatic heterocycles. The Kier molecular flexibility index (Phi) is 5.93. The zero-order chi connectivity index (χ0) is 19.8. The van der Waals surface area contributed by atoms with Crippen LogP contribution in [-0.4, -0.2) is 37.3 Å². The van der Waals surface area contributed by atoms with E-state index in [1.807, 2.05) is 30.3 Å². The molecule has 10 heteroatoms. The number of aromatic nitrogens is 4. The summed E-state index contributed by atoms with van der Waals surface area (Å²) < 4.78 is 0. The summed E-state index contributed by atoms with van der Waals surface area (Å²) in [6.07, 6.45) is 4.55. The fourth-order valence-corrected chi connectivity index (χ4v) is 2.23. The van der Waals surface area contributed by atoms with E-state index in [1.54, 1.807) is 24.3 Å². The molecule has 0 fully saturated rings. The highest BCUT2D eigenvalue weighted by molar-refractivity contribution is 5.81. The van der Waals surface area contributed by atoms with Gasteiger partial charge in [0.1, 0.15) is 6.54 Å². The third-order valence-electron chi connectivity index (χ3n) is 3.49. The van der Waals surface area contributed by atoms with Crippen molar-refractivity contribution >= 4 is 23.9 Å². The largest absolute Gasteiger partial charge is 0.271 e. The topological polar surface area (TPSA) is 128 Å². The summed E-state index contributed by atoms with van der Waals surface area (Å²) in [5.74, 6) is 0.00815. The number of nitro groups is 1. The quantitative estimate of drug-likeness (QED) is 0.381. The lowest BCUT2D eigenvalue weighted by Gasteiger charge is -1.97. The first-order chi connectivity index (χ1) is 13.6. The molecule has 0 aliphatic rings. The predicted molar refractivity (Wildman–Crippen MR) is 102 cm³/mol. The molecular formula is C18H15N7O3. The van der Waals surface area contributed by atoms with E-state index in [9.17, 15) is 14.9 Å². The predicted octanol–water partition coefficient (Wildman–Crippen LogP) is 2.06. The minimum absolute atomic E-state index is 0.00240. The standard InChI is InChI=1S/C18H15N7O3/c26-17(13-24-22-18(21-23-24)15-8-2-1-3-9-15)20-19-11-5-7-14-6-4-10-16(12-14)25(27)28/h1-12H,13H2,(H,20,26). The molecule has 0 unspecified atom stereocenters. The van der Waals surface area contributed by atoms with Gasteiger partial charge in [-0.1, -0.05) is 48.5 Å². The van der Waals surface area contributed by atoms with Crippen molar-refractivity contribution in [1.29, 1.82) is 0 Å². The number of rotatable bonds is 7. The molecule has 140 valence electrons. The summed E-state index contributed by atoms with van der Waals surface area (Å²) in [4.78, 5) is 23.3. The molecule has 28 heavy (non-hydrogen) atoms. The smallest absolute Gasteiger partial charge is 0.270 e. The number of hydrazone groups is 1. The van der Waals surface area contributed by atoms with Gasteiger partial charge in [0.05, 0.1) is 4.92 Å². The maximum atomic E-state index is 11.9. The van der Waals surface area contributed by atoms with Gasteiger partial charge in [-0.05, 0) is 16.9 Å². The summed E-state index contributed by atoms with van der Waals surface area (Å²) in [5, 5.41) is 26.4. The number of nitrogens with one attached hydrogen (secondary N) is 1. The van der Waals surface area contributed by atoms with Crippen molar-refractivity contribution in [2.45, 2.75) is 6.54 Å². The van der Waals surface area contributed by atoms with Crippen molar-refractivity contribution < 1.29 is 9.72 Å². The fraction of sp³-hybridized carbons (Fsp3) is 0.0556. The average molecular weight is 377 g/mol. The van der Waals surface area contributed by atoms with Crippen LogP contribution in [0.1, 0.15) is 5.56 Å². The van der Waals surface area contributed by atoms with Gasteiger partial charge < -0.3 is 0 Å². The van der Waals surface area contributed by atoms with E-state index >= 15 is 0 Å². The van der Waals surface area contributed by atoms with Gasteiger partial charge in [-0.3, -0.25) is 14.9 Å². The second-order valence-corrected chi connectivity index (χ2v) is 5.53. The van der Waals surface area contributed by atoms with E-state index in [0.29, 0.717) is 11.4 Å². The Bertz CT molecular complexity index is 1030. The minimum Gasteiger partial charge on any atom is -0.271 e. The van der Waals surface area contributed by atoms with Crippen LogP contribution >= 0.6 is 0 Å². The number of allylic oxidation sites excluding steroid dienone is 1. The van der Waals surface area contributed by atoms with E-state index in [0.717, 1.165) is 5.56 Å². The molecule has 0 atom stereocenters. The molecule has 3 rings (SSSR count). The first kappa shape index (κ1) is 18.6. The van der Waals surface area contributed by atoms with Crippen molar-refractivity contribution in [3.63, 3.8) is 0 Å². The van der Waals surface area contributed by atoms with Crippen LogP contribution in [0.5, 0.6) is 0 Å². The second-order valence-electron chi connectivity index (χ2n) is 5.53. The van der Waals surface area contributed by atoms with Crippen LogP contribution in [0.15, 0.2) is 65.8 Å². The van der Waals surface area contributed by atoms with Crippen LogP contribution in [0, 0.1) is 10.1 Å². The van der Waals surface area contributed by atoms with Gasteiger partial charge in [-0.25, -0.2) is 5.43 Å². The minimum atomic E-state index is -0.465. The van der Waals surface area contributed by atoms with E-state index in [-0.39, 0.29) is 12.2 Å². The molecule has 0 spiro atoms. The van der Waals surface area contributed by atoms with Gasteiger partial charge in [0.15, 0.2) is 0 Å². The van der Waals surface area contributed by atoms with E-state index in [2.05, 4.69) is 25.9 Å². The summed E-state index contributed by atoms with van der Waals surface area (Å²) >= 11 is 0. The molecule has 1 N–H and O–H groups in total. The Hall–Kier alpha value is -4.21. The third-order valence-corrected chi connectivity index (χ3v) is 3.49. The Morgan fingerprint density at radius 2 is 2.04 bits per heavy atom. The molecule has 1 heterocycles. The second kappa shape index (κ2) is 8.94. The highest BCUT2D eigenvalue weighted by Crippen LogP contribution is 2.14. The van der Waals surface area contributed by atoms with Crippen LogP contribution in [0.3, 0.4) is 0 Å². The van der Waals surface area contributed by atoms with Gasteiger partial charge >= 0.3 is 0 Å². The number of carbonyl (C=O) groups is 1. The lowest BCUT2D eigenvalue weighted by atomic mass is 10.2. The number of non-ortho nitro benzene ring substituents is 1. The zero-order valence-corrected chi connectivity index (χ0v) is 14.5. The molecule has 3 aromatic rings. The van der Waals surface area contributed by atoms with Crippen LogP contribution in [0.4, 0.5) is 5.69 Å². The maximum Gasteiger partial charge on any atom is 0.270 e. The number of nitrogens with zero attached hydrogens (tertiary/aromatic N) is 6. The van der Waals surface area contributed by atoms with Crippen LogP contribution in [0.2, 0.25) is 0 Å². The Labute approximate surface area is 159 Å². The number of tetrazole rings is 1. The molecule has 0 aliphatic carbocycles. The Balaban J connectivity index is 1.50. The molecule has 0 radical (unpaired) electrons. The highest BCUT2D eigenvalue weighted by atomic mass is 16.6. The zero-order valence-electron chi connectivity index (χ0n) is 14.5. The summed E-state index contributed by atoms with van der Waals surface area (Å²) in [6, 6.07) is 15.4. The average Bonchev–Trinajstić information content (AvgIpc) is 3.17. The number of hydrogen-bond acceptors (Lipinski definition) is 7. The SMILES string of the molecule is O=C(Cn1nnc(-c2ccccc2)n1)NN=CC=Cc1cccc([N+](=O)[O-])c1. The first-order valence-electron chi connectivity index (χ1n) is 8.18. The first-order valence-corrected chi connectivity index (χ1v) is 8.18. The number of benzene rings is 2. The molecule has 0 bridgehead atoms. The number of nitro benzene ring substituents is 1. The number of amides is 1. The number of hydrogen-bond donors (Lipinski definition) is 1. The lowest BCUT2D eigenvalue weighted by Crippen LogP contribution is -2.24. The number of carbonyl (C=O) groups excluding carboxylic acids is 1. The highest BCUT2D eigenvalue weighted by Gasteiger charge is 2.08. The van der Waals surface area contributed by atoms with E-state index in [1.165, 1.54) is 23.1 Å². The summed E-state index contributed by atoms with van der Waals surface area (Å²) in [6.45, 7) is -0.133. The monoisotopic (exact) mass is 377 g/mol. The Morgan fingerprint density at radius 3 is 2.82 bits per heavy atom. The fourth-order valence-electron chi connectivity index (χ4n) is 2.23. The lowest BCUT2D eigenvalue weighted by molar-refractivity contribution is -0.384. The third kappa shape index (κ3) is 5.14. The summed E-state index contributed by atoms with van der Waals surface area (Å²) in [7, 11) is 0. The normalized spacial score (nSPS) is 11.1. The molecule has 1 amide bonds. The van der Waals surface area contributed by atoms with Crippen molar-refractivity contribution in [2.75, 3.05) is 0 Å². The molecule has 0 saturated heterocycles. The van der Waals surface area contributed by atoms with Crippen LogP contribution in [0.25, 0.3) is 17.5 Å². The molecular weight excluding hydrogens is 362 g/mol. The summed E-state index contributed by atoms with van der Waals surface area (Å²) in [5.41, 5.74) is 3.79.